The van der Waals surface area contributed by atoms with E-state index in [1.807, 2.05) is 48.5 Å². The van der Waals surface area contributed by atoms with Gasteiger partial charge in [-0.1, -0.05) is 67.7 Å². The lowest BCUT2D eigenvalue weighted by Crippen LogP contribution is -2.02. The summed E-state index contributed by atoms with van der Waals surface area (Å²) in [5.41, 5.74) is 8.04. The van der Waals surface area contributed by atoms with Crippen molar-refractivity contribution >= 4 is 72.5 Å². The molecule has 9 heteroatoms. The van der Waals surface area contributed by atoms with E-state index in [0.29, 0.717) is 5.69 Å². The van der Waals surface area contributed by atoms with Gasteiger partial charge in [-0.05, 0) is 72.8 Å². The minimum Gasteiger partial charge on any atom is -0.478 e. The Bertz CT molecular complexity index is 1250. The van der Waals surface area contributed by atoms with Gasteiger partial charge in [0.15, 0.2) is 0 Å². The molecule has 0 spiro atoms. The zero-order valence-corrected chi connectivity index (χ0v) is 22.1. The number of anilines is 3. The molecule has 180 valence electrons. The maximum atomic E-state index is 11.0. The highest BCUT2D eigenvalue weighted by atomic mass is 79.9. The van der Waals surface area contributed by atoms with Crippen LogP contribution in [0.25, 0.3) is 0 Å². The molecule has 0 aliphatic rings. The van der Waals surface area contributed by atoms with Crippen LogP contribution in [0.1, 0.15) is 20.7 Å². The molecule has 0 unspecified atom stereocenters. The molecule has 0 atom stereocenters. The van der Waals surface area contributed by atoms with Gasteiger partial charge in [0.25, 0.3) is 0 Å². The van der Waals surface area contributed by atoms with Gasteiger partial charge in [0.1, 0.15) is 0 Å². The fraction of sp³-hybridized carbons (Fsp3) is 0. The number of hydrogen-bond acceptors (Lipinski definition) is 4. The van der Waals surface area contributed by atoms with Gasteiger partial charge in [-0.2, -0.15) is 0 Å². The second kappa shape index (κ2) is 14.2. The molecule has 0 radical (unpaired) electrons. The minimum absolute atomic E-state index is 0.143. The number of benzene rings is 4. The Morgan fingerprint density at radius 2 is 1.14 bits per heavy atom. The molecule has 0 amide bonds. The largest absolute Gasteiger partial charge is 0.478 e. The van der Waals surface area contributed by atoms with Crippen LogP contribution >= 0.6 is 43.5 Å². The molecule has 5 N–H and O–H groups in total. The van der Waals surface area contributed by atoms with E-state index in [0.717, 1.165) is 20.3 Å². The number of nitrogen functional groups attached to an aromatic ring is 1. The molecular weight excluding hydrogens is 600 g/mol. The van der Waals surface area contributed by atoms with Crippen molar-refractivity contribution in [3.63, 3.8) is 0 Å². The van der Waals surface area contributed by atoms with Gasteiger partial charge in [-0.3, -0.25) is 0 Å². The van der Waals surface area contributed by atoms with E-state index < -0.39 is 11.9 Å². The highest BCUT2D eigenvalue weighted by Crippen LogP contribution is 2.22. The Morgan fingerprint density at radius 1 is 0.686 bits per heavy atom. The van der Waals surface area contributed by atoms with Crippen LogP contribution in [0.2, 0.25) is 5.02 Å². The number of hydrogen-bond donors (Lipinski definition) is 4. The summed E-state index contributed by atoms with van der Waals surface area (Å²) >= 11 is 12.2. The third kappa shape index (κ3) is 9.82. The van der Waals surface area contributed by atoms with Crippen molar-refractivity contribution in [1.82, 2.24) is 0 Å². The third-order valence-corrected chi connectivity index (χ3v) is 5.64. The van der Waals surface area contributed by atoms with Crippen LogP contribution < -0.4 is 11.1 Å². The van der Waals surface area contributed by atoms with Crippen molar-refractivity contribution in [2.24, 2.45) is 0 Å². The maximum absolute atomic E-state index is 11.0. The Hall–Kier alpha value is -3.33. The molecule has 0 aliphatic carbocycles. The van der Waals surface area contributed by atoms with Crippen molar-refractivity contribution in [2.45, 2.75) is 0 Å². The standard InChI is InChI=1S/C13H10BrNO2.C7H5ClO2.C6H6BrN/c14-9-5-7-10(8-6-9)15-12-4-2-1-3-11(12)13(16)17;8-6-4-2-1-3-5(6)7(9)10;7-5-1-3-6(8)4-2-5/h1-8,15H,(H,16,17);1-4H,(H,9,10);1-4H,8H2. The summed E-state index contributed by atoms with van der Waals surface area (Å²) in [6.07, 6.45) is 0. The number of aromatic carboxylic acids is 2. The molecule has 0 fully saturated rings. The topological polar surface area (TPSA) is 113 Å². The van der Waals surface area contributed by atoms with Gasteiger partial charge in [0, 0.05) is 20.3 Å². The summed E-state index contributed by atoms with van der Waals surface area (Å²) in [4.78, 5) is 21.4. The van der Waals surface area contributed by atoms with E-state index in [2.05, 4.69) is 37.2 Å². The highest BCUT2D eigenvalue weighted by Gasteiger charge is 2.08. The Labute approximate surface area is 224 Å². The van der Waals surface area contributed by atoms with Gasteiger partial charge in [-0.25, -0.2) is 9.59 Å². The first-order valence-electron chi connectivity index (χ1n) is 10.0. The zero-order chi connectivity index (χ0) is 25.8. The van der Waals surface area contributed by atoms with Crippen molar-refractivity contribution in [3.05, 3.63) is 122 Å². The fourth-order valence-corrected chi connectivity index (χ4v) is 3.31. The average molecular weight is 621 g/mol. The van der Waals surface area contributed by atoms with Gasteiger partial charge >= 0.3 is 11.9 Å². The van der Waals surface area contributed by atoms with Crippen LogP contribution in [-0.2, 0) is 0 Å². The molecule has 4 rings (SSSR count). The molecule has 0 heterocycles. The number of nitrogens with two attached hydrogens (primary N) is 1. The first-order valence-corrected chi connectivity index (χ1v) is 12.0. The van der Waals surface area contributed by atoms with Gasteiger partial charge in [-0.15, -0.1) is 0 Å². The first kappa shape index (κ1) is 27.9. The van der Waals surface area contributed by atoms with Crippen molar-refractivity contribution in [2.75, 3.05) is 11.1 Å². The number of carbonyl (C=O) groups is 2. The average Bonchev–Trinajstić information content (AvgIpc) is 2.84. The Balaban J connectivity index is 0.000000204. The monoisotopic (exact) mass is 618 g/mol. The molecular formula is C26H21Br2ClN2O4. The molecule has 6 nitrogen and oxygen atoms in total. The number of nitrogens with one attached hydrogen (secondary N) is 1. The predicted molar refractivity (Wildman–Crippen MR) is 148 cm³/mol. The summed E-state index contributed by atoms with van der Waals surface area (Å²) in [7, 11) is 0. The molecule has 0 aromatic heterocycles. The predicted octanol–water partition coefficient (Wildman–Crippen LogP) is 7.96. The van der Waals surface area contributed by atoms with Crippen LogP contribution in [0.4, 0.5) is 17.1 Å². The SMILES string of the molecule is Nc1ccc(Br)cc1.O=C(O)c1ccccc1Cl.O=C(O)c1ccccc1Nc1ccc(Br)cc1. The number of rotatable bonds is 4. The summed E-state index contributed by atoms with van der Waals surface area (Å²) in [6, 6.07) is 28.2. The molecule has 0 saturated carbocycles. The lowest BCUT2D eigenvalue weighted by Gasteiger charge is -2.09. The summed E-state index contributed by atoms with van der Waals surface area (Å²) in [5.74, 6) is -1.93. The van der Waals surface area contributed by atoms with E-state index in [1.54, 1.807) is 42.5 Å². The zero-order valence-electron chi connectivity index (χ0n) is 18.2. The van der Waals surface area contributed by atoms with Crippen LogP contribution in [-0.4, -0.2) is 22.2 Å². The van der Waals surface area contributed by atoms with Gasteiger partial charge in [0.2, 0.25) is 0 Å². The van der Waals surface area contributed by atoms with Gasteiger partial charge < -0.3 is 21.3 Å². The van der Waals surface area contributed by atoms with Crippen molar-refractivity contribution < 1.29 is 19.8 Å². The Kier molecular flexibility index (Phi) is 11.3. The number of halogens is 3. The summed E-state index contributed by atoms with van der Waals surface area (Å²) < 4.78 is 2.04. The molecule has 35 heavy (non-hydrogen) atoms. The van der Waals surface area contributed by atoms with Gasteiger partial charge in [0.05, 0.1) is 21.8 Å². The lowest BCUT2D eigenvalue weighted by molar-refractivity contribution is 0.0686. The third-order valence-electron chi connectivity index (χ3n) is 4.25. The number of carboxylic acid groups (broad SMARTS) is 2. The lowest BCUT2D eigenvalue weighted by atomic mass is 10.1. The van der Waals surface area contributed by atoms with E-state index in [9.17, 15) is 9.59 Å². The molecule has 0 bridgehead atoms. The van der Waals surface area contributed by atoms with E-state index >= 15 is 0 Å². The van der Waals surface area contributed by atoms with Crippen LogP contribution in [0.3, 0.4) is 0 Å². The smallest absolute Gasteiger partial charge is 0.337 e. The van der Waals surface area contributed by atoms with Crippen LogP contribution in [0.5, 0.6) is 0 Å². The first-order chi connectivity index (χ1) is 16.7. The normalized spacial score (nSPS) is 9.57. The highest BCUT2D eigenvalue weighted by molar-refractivity contribution is 9.10. The van der Waals surface area contributed by atoms with E-state index in [1.165, 1.54) is 6.07 Å². The minimum atomic E-state index is -0.995. The molecule has 4 aromatic carbocycles. The second-order valence-corrected chi connectivity index (χ2v) is 9.06. The van der Waals surface area contributed by atoms with E-state index in [-0.39, 0.29) is 16.1 Å². The van der Waals surface area contributed by atoms with Crippen molar-refractivity contribution in [3.8, 4) is 0 Å². The number of carboxylic acids is 2. The van der Waals surface area contributed by atoms with E-state index in [4.69, 9.17) is 27.5 Å². The molecule has 0 saturated heterocycles. The van der Waals surface area contributed by atoms with Crippen LogP contribution in [0.15, 0.2) is 106 Å². The fourth-order valence-electron chi connectivity index (χ4n) is 2.56. The second-order valence-electron chi connectivity index (χ2n) is 6.82. The molecule has 0 aliphatic heterocycles. The van der Waals surface area contributed by atoms with Crippen molar-refractivity contribution in [1.29, 1.82) is 0 Å². The summed E-state index contributed by atoms with van der Waals surface area (Å²) in [6.45, 7) is 0. The molecule has 4 aromatic rings. The number of para-hydroxylation sites is 1. The Morgan fingerprint density at radius 3 is 1.60 bits per heavy atom. The quantitative estimate of drug-likeness (QED) is 0.172. The summed E-state index contributed by atoms with van der Waals surface area (Å²) in [5, 5.41) is 20.9. The maximum Gasteiger partial charge on any atom is 0.337 e. The van der Waals surface area contributed by atoms with Crippen LogP contribution in [0, 0.1) is 0 Å².